The molecule has 0 aliphatic heterocycles. The van der Waals surface area contributed by atoms with Crippen molar-refractivity contribution in [3.63, 3.8) is 0 Å². The summed E-state index contributed by atoms with van der Waals surface area (Å²) in [6.07, 6.45) is 5.62. The second kappa shape index (κ2) is 7.57. The van der Waals surface area contributed by atoms with Gasteiger partial charge in [0, 0.05) is 24.7 Å². The molecule has 3 heteroatoms. The van der Waals surface area contributed by atoms with Crippen LogP contribution in [-0.4, -0.2) is 22.4 Å². The van der Waals surface area contributed by atoms with Crippen molar-refractivity contribution in [3.05, 3.63) is 18.0 Å². The Kier molecular flexibility index (Phi) is 6.41. The first-order chi connectivity index (χ1) is 8.56. The zero-order valence-electron chi connectivity index (χ0n) is 12.6. The Morgan fingerprint density at radius 2 is 2.00 bits per heavy atom. The van der Waals surface area contributed by atoms with Gasteiger partial charge in [-0.2, -0.15) is 5.10 Å². The Morgan fingerprint density at radius 1 is 1.28 bits per heavy atom. The van der Waals surface area contributed by atoms with Crippen LogP contribution in [0, 0.1) is 5.92 Å². The Balaban J connectivity index is 2.58. The van der Waals surface area contributed by atoms with Gasteiger partial charge < -0.3 is 5.32 Å². The second-order valence-corrected chi connectivity index (χ2v) is 5.59. The summed E-state index contributed by atoms with van der Waals surface area (Å²) < 4.78 is 2.04. The number of aromatic nitrogens is 2. The zero-order chi connectivity index (χ0) is 13.5. The molecule has 2 atom stereocenters. The van der Waals surface area contributed by atoms with Crippen LogP contribution in [-0.2, 0) is 6.42 Å². The zero-order valence-corrected chi connectivity index (χ0v) is 12.6. The van der Waals surface area contributed by atoms with Gasteiger partial charge in [0.1, 0.15) is 0 Å². The lowest BCUT2D eigenvalue weighted by Gasteiger charge is -2.20. The molecule has 0 aliphatic carbocycles. The molecular weight excluding hydrogens is 222 g/mol. The first-order valence-electron chi connectivity index (χ1n) is 7.34. The van der Waals surface area contributed by atoms with Crippen molar-refractivity contribution in [1.29, 1.82) is 0 Å². The first kappa shape index (κ1) is 15.2. The minimum absolute atomic E-state index is 0.450. The van der Waals surface area contributed by atoms with Gasteiger partial charge in [0.2, 0.25) is 0 Å². The normalized spacial score (nSPS) is 15.0. The number of likely N-dealkylation sites (N-methyl/N-ethyl adjacent to an activating group) is 1. The number of nitrogens with one attached hydrogen (secondary N) is 1. The molecule has 1 rings (SSSR count). The Labute approximate surface area is 112 Å². The van der Waals surface area contributed by atoms with Gasteiger partial charge >= 0.3 is 0 Å². The molecule has 0 bridgehead atoms. The van der Waals surface area contributed by atoms with E-state index >= 15 is 0 Å². The predicted octanol–water partition coefficient (Wildman–Crippen LogP) is 3.42. The van der Waals surface area contributed by atoms with Crippen molar-refractivity contribution in [2.75, 3.05) is 6.54 Å². The SMILES string of the molecule is CCNC(Cc1ccn(C(C)C)n1)CC(C)CC. The molecular formula is C15H29N3. The van der Waals surface area contributed by atoms with Gasteiger partial charge in [-0.25, -0.2) is 0 Å². The summed E-state index contributed by atoms with van der Waals surface area (Å²) >= 11 is 0. The van der Waals surface area contributed by atoms with E-state index in [0.717, 1.165) is 18.9 Å². The summed E-state index contributed by atoms with van der Waals surface area (Å²) in [4.78, 5) is 0. The van der Waals surface area contributed by atoms with Crippen LogP contribution in [0.3, 0.4) is 0 Å². The summed E-state index contributed by atoms with van der Waals surface area (Å²) in [5.41, 5.74) is 1.21. The van der Waals surface area contributed by atoms with E-state index in [0.29, 0.717) is 12.1 Å². The van der Waals surface area contributed by atoms with E-state index in [2.05, 4.69) is 57.3 Å². The second-order valence-electron chi connectivity index (χ2n) is 5.59. The molecule has 1 heterocycles. The molecule has 0 amide bonds. The molecule has 0 fully saturated rings. The van der Waals surface area contributed by atoms with Gasteiger partial charge in [-0.1, -0.05) is 27.2 Å². The molecule has 0 aromatic carbocycles. The van der Waals surface area contributed by atoms with E-state index in [1.807, 2.05) is 4.68 Å². The van der Waals surface area contributed by atoms with E-state index < -0.39 is 0 Å². The van der Waals surface area contributed by atoms with Crippen molar-refractivity contribution < 1.29 is 0 Å². The maximum atomic E-state index is 4.64. The largest absolute Gasteiger partial charge is 0.314 e. The van der Waals surface area contributed by atoms with Crippen LogP contribution in [0.1, 0.15) is 59.2 Å². The summed E-state index contributed by atoms with van der Waals surface area (Å²) in [5.74, 6) is 0.779. The molecule has 1 aromatic rings. The van der Waals surface area contributed by atoms with Crippen LogP contribution in [0.4, 0.5) is 0 Å². The standard InChI is InChI=1S/C15H29N3/c1-6-13(5)10-15(16-7-2)11-14-8-9-18(17-14)12(3)4/h8-9,12-13,15-16H,6-7,10-11H2,1-5H3. The van der Waals surface area contributed by atoms with Gasteiger partial charge in [0.15, 0.2) is 0 Å². The van der Waals surface area contributed by atoms with E-state index in [1.165, 1.54) is 18.5 Å². The van der Waals surface area contributed by atoms with E-state index in [9.17, 15) is 0 Å². The molecule has 104 valence electrons. The van der Waals surface area contributed by atoms with Gasteiger partial charge in [-0.3, -0.25) is 4.68 Å². The molecule has 0 saturated heterocycles. The number of nitrogens with zero attached hydrogens (tertiary/aromatic N) is 2. The van der Waals surface area contributed by atoms with Crippen molar-refractivity contribution in [1.82, 2.24) is 15.1 Å². The maximum absolute atomic E-state index is 4.64. The van der Waals surface area contributed by atoms with Gasteiger partial charge in [0.25, 0.3) is 0 Å². The molecule has 1 aromatic heterocycles. The number of hydrogen-bond donors (Lipinski definition) is 1. The highest BCUT2D eigenvalue weighted by Crippen LogP contribution is 2.14. The minimum atomic E-state index is 0.450. The lowest BCUT2D eigenvalue weighted by molar-refractivity contribution is 0.393. The lowest BCUT2D eigenvalue weighted by Crippen LogP contribution is -2.32. The number of hydrogen-bond acceptors (Lipinski definition) is 2. The van der Waals surface area contributed by atoms with Gasteiger partial charge in [0.05, 0.1) is 5.69 Å². The topological polar surface area (TPSA) is 29.9 Å². The average molecular weight is 251 g/mol. The van der Waals surface area contributed by atoms with E-state index in [-0.39, 0.29) is 0 Å². The van der Waals surface area contributed by atoms with Crippen LogP contribution in [0.15, 0.2) is 12.3 Å². The van der Waals surface area contributed by atoms with Gasteiger partial charge in [-0.05, 0) is 38.8 Å². The Bertz CT molecular complexity index is 330. The quantitative estimate of drug-likeness (QED) is 0.767. The van der Waals surface area contributed by atoms with E-state index in [1.54, 1.807) is 0 Å². The Hall–Kier alpha value is -0.830. The molecule has 0 saturated carbocycles. The summed E-state index contributed by atoms with van der Waals surface area (Å²) in [5, 5.41) is 8.23. The monoisotopic (exact) mass is 251 g/mol. The molecule has 0 spiro atoms. The highest BCUT2D eigenvalue weighted by atomic mass is 15.3. The van der Waals surface area contributed by atoms with E-state index in [4.69, 9.17) is 0 Å². The molecule has 0 radical (unpaired) electrons. The fraction of sp³-hybridized carbons (Fsp3) is 0.800. The van der Waals surface area contributed by atoms with Crippen LogP contribution in [0.2, 0.25) is 0 Å². The van der Waals surface area contributed by atoms with Crippen LogP contribution in [0.25, 0.3) is 0 Å². The first-order valence-corrected chi connectivity index (χ1v) is 7.34. The van der Waals surface area contributed by atoms with Crippen molar-refractivity contribution in [2.45, 2.75) is 66.0 Å². The summed E-state index contributed by atoms with van der Waals surface area (Å²) in [6.45, 7) is 12.1. The molecule has 3 nitrogen and oxygen atoms in total. The third-order valence-electron chi connectivity index (χ3n) is 3.52. The number of rotatable bonds is 8. The predicted molar refractivity (Wildman–Crippen MR) is 77.9 cm³/mol. The van der Waals surface area contributed by atoms with Crippen molar-refractivity contribution in [2.24, 2.45) is 5.92 Å². The van der Waals surface area contributed by atoms with Crippen LogP contribution in [0.5, 0.6) is 0 Å². The summed E-state index contributed by atoms with van der Waals surface area (Å²) in [7, 11) is 0. The minimum Gasteiger partial charge on any atom is -0.314 e. The third-order valence-corrected chi connectivity index (χ3v) is 3.52. The molecule has 0 aliphatic rings. The molecule has 2 unspecified atom stereocenters. The Morgan fingerprint density at radius 3 is 2.50 bits per heavy atom. The third kappa shape index (κ3) is 4.81. The lowest BCUT2D eigenvalue weighted by atomic mass is 9.96. The van der Waals surface area contributed by atoms with Crippen LogP contribution >= 0.6 is 0 Å². The van der Waals surface area contributed by atoms with Crippen molar-refractivity contribution in [3.8, 4) is 0 Å². The van der Waals surface area contributed by atoms with Crippen LogP contribution < -0.4 is 5.32 Å². The molecule has 18 heavy (non-hydrogen) atoms. The van der Waals surface area contributed by atoms with Crippen molar-refractivity contribution >= 4 is 0 Å². The highest BCUT2D eigenvalue weighted by Gasteiger charge is 2.13. The summed E-state index contributed by atoms with van der Waals surface area (Å²) in [6, 6.07) is 3.16. The molecule has 1 N–H and O–H groups in total. The average Bonchev–Trinajstić information content (AvgIpc) is 2.77. The van der Waals surface area contributed by atoms with Gasteiger partial charge in [-0.15, -0.1) is 0 Å². The fourth-order valence-corrected chi connectivity index (χ4v) is 2.21. The fourth-order valence-electron chi connectivity index (χ4n) is 2.21. The smallest absolute Gasteiger partial charge is 0.0640 e. The maximum Gasteiger partial charge on any atom is 0.0640 e. The highest BCUT2D eigenvalue weighted by molar-refractivity contribution is 5.02.